The van der Waals surface area contributed by atoms with E-state index in [9.17, 15) is 9.90 Å². The van der Waals surface area contributed by atoms with Gasteiger partial charge < -0.3 is 19.0 Å². The first-order valence-electron chi connectivity index (χ1n) is 15.6. The molecule has 5 nitrogen and oxygen atoms in total. The Labute approximate surface area is 240 Å². The minimum Gasteiger partial charge on any atom is -0.465 e. The van der Waals surface area contributed by atoms with Gasteiger partial charge in [-0.1, -0.05) is 129 Å². The molecule has 0 saturated carbocycles. The number of benzene rings is 1. The summed E-state index contributed by atoms with van der Waals surface area (Å²) in [5, 5.41) is 11.4. The lowest BCUT2D eigenvalue weighted by atomic mass is 9.75. The van der Waals surface area contributed by atoms with Gasteiger partial charge in [-0.05, 0) is 30.1 Å². The van der Waals surface area contributed by atoms with Crippen molar-refractivity contribution in [3.05, 3.63) is 35.9 Å². The summed E-state index contributed by atoms with van der Waals surface area (Å²) in [4.78, 5) is 13.0. The topological polar surface area (TPSA) is 65.0 Å². The van der Waals surface area contributed by atoms with Crippen LogP contribution in [0.15, 0.2) is 30.3 Å². The maximum absolute atomic E-state index is 13.0. The van der Waals surface area contributed by atoms with E-state index >= 15 is 0 Å². The van der Waals surface area contributed by atoms with E-state index in [4.69, 9.17) is 13.9 Å². The quantitative estimate of drug-likeness (QED) is 0.0981. The molecule has 1 heterocycles. The number of carbonyl (C=O) groups is 1. The summed E-state index contributed by atoms with van der Waals surface area (Å²) in [6.45, 7) is 14.7. The Bertz CT molecular complexity index is 806. The SMILES string of the molecule is CCCCCCCCCCCCCC(O)C1C(=O)OCC1(COCc1ccccc1)CO[Si](C)(C)C(C)(C)C. The predicted molar refractivity (Wildman–Crippen MR) is 163 cm³/mol. The molecule has 1 N–H and O–H groups in total. The summed E-state index contributed by atoms with van der Waals surface area (Å²) in [6, 6.07) is 10.1. The van der Waals surface area contributed by atoms with Gasteiger partial charge >= 0.3 is 5.97 Å². The molecule has 6 heteroatoms. The number of carbonyl (C=O) groups excluding carboxylic acids is 1. The average molecular weight is 563 g/mol. The van der Waals surface area contributed by atoms with Gasteiger partial charge in [-0.15, -0.1) is 0 Å². The van der Waals surface area contributed by atoms with Crippen LogP contribution in [-0.4, -0.2) is 45.3 Å². The normalized spacial score (nSPS) is 20.8. The molecule has 0 aromatic heterocycles. The molecular weight excluding hydrogens is 504 g/mol. The molecule has 0 radical (unpaired) electrons. The Morgan fingerprint density at radius 2 is 1.51 bits per heavy atom. The maximum Gasteiger partial charge on any atom is 0.312 e. The number of unbranched alkanes of at least 4 members (excludes halogenated alkanes) is 10. The van der Waals surface area contributed by atoms with E-state index < -0.39 is 25.8 Å². The van der Waals surface area contributed by atoms with Gasteiger partial charge in [0.05, 0.1) is 30.7 Å². The highest BCUT2D eigenvalue weighted by Gasteiger charge is 2.55. The Morgan fingerprint density at radius 3 is 2.08 bits per heavy atom. The molecule has 1 aromatic rings. The number of hydrogen-bond acceptors (Lipinski definition) is 5. The Kier molecular flexibility index (Phi) is 14.7. The lowest BCUT2D eigenvalue weighted by Gasteiger charge is -2.41. The first kappa shape index (κ1) is 34.0. The molecule has 39 heavy (non-hydrogen) atoms. The summed E-state index contributed by atoms with van der Waals surface area (Å²) in [7, 11) is -2.07. The van der Waals surface area contributed by atoms with E-state index in [1.165, 1.54) is 57.8 Å². The number of cyclic esters (lactones) is 1. The fraction of sp³-hybridized carbons (Fsp3) is 0.788. The predicted octanol–water partition coefficient (Wildman–Crippen LogP) is 8.45. The van der Waals surface area contributed by atoms with E-state index in [0.29, 0.717) is 26.2 Å². The van der Waals surface area contributed by atoms with E-state index in [2.05, 4.69) is 40.8 Å². The average Bonchev–Trinajstić information content (AvgIpc) is 3.22. The second kappa shape index (κ2) is 16.9. The highest BCUT2D eigenvalue weighted by Crippen LogP contribution is 2.43. The molecule has 1 aliphatic heterocycles. The Morgan fingerprint density at radius 1 is 0.949 bits per heavy atom. The molecule has 0 spiro atoms. The van der Waals surface area contributed by atoms with E-state index in [0.717, 1.165) is 18.4 Å². The molecule has 1 saturated heterocycles. The number of ether oxygens (including phenoxy) is 2. The Hall–Kier alpha value is -1.21. The zero-order chi connectivity index (χ0) is 28.8. The molecule has 1 fully saturated rings. The Balaban J connectivity index is 1.92. The van der Waals surface area contributed by atoms with Crippen LogP contribution in [0.4, 0.5) is 0 Å². The summed E-state index contributed by atoms with van der Waals surface area (Å²) in [5.41, 5.74) is 0.403. The molecule has 1 aromatic carbocycles. The third-order valence-corrected chi connectivity index (χ3v) is 13.4. The lowest BCUT2D eigenvalue weighted by molar-refractivity contribution is -0.145. The zero-order valence-corrected chi connectivity index (χ0v) is 26.9. The molecule has 3 atom stereocenters. The fourth-order valence-corrected chi connectivity index (χ4v) is 6.27. The van der Waals surface area contributed by atoms with Crippen molar-refractivity contribution in [3.8, 4) is 0 Å². The number of esters is 1. The van der Waals surface area contributed by atoms with Gasteiger partial charge in [-0.2, -0.15) is 0 Å². The molecule has 2 rings (SSSR count). The van der Waals surface area contributed by atoms with Crippen molar-refractivity contribution < 1.29 is 23.8 Å². The zero-order valence-electron chi connectivity index (χ0n) is 25.9. The lowest BCUT2D eigenvalue weighted by Crippen LogP contribution is -2.50. The van der Waals surface area contributed by atoms with Crippen molar-refractivity contribution >= 4 is 14.3 Å². The van der Waals surface area contributed by atoms with Crippen molar-refractivity contribution in [2.75, 3.05) is 19.8 Å². The van der Waals surface area contributed by atoms with E-state index in [-0.39, 0.29) is 17.6 Å². The van der Waals surface area contributed by atoms with Crippen LogP contribution in [0.3, 0.4) is 0 Å². The van der Waals surface area contributed by atoms with Crippen LogP contribution in [0.2, 0.25) is 18.1 Å². The summed E-state index contributed by atoms with van der Waals surface area (Å²) >= 11 is 0. The van der Waals surface area contributed by atoms with Gasteiger partial charge in [0, 0.05) is 6.61 Å². The van der Waals surface area contributed by atoms with Gasteiger partial charge in [0.2, 0.25) is 0 Å². The van der Waals surface area contributed by atoms with Gasteiger partial charge in [0.1, 0.15) is 6.61 Å². The second-order valence-electron chi connectivity index (χ2n) is 13.4. The van der Waals surface area contributed by atoms with Crippen LogP contribution in [-0.2, 0) is 25.3 Å². The third kappa shape index (κ3) is 11.3. The van der Waals surface area contributed by atoms with Gasteiger partial charge in [0.15, 0.2) is 8.32 Å². The molecule has 0 amide bonds. The van der Waals surface area contributed by atoms with Gasteiger partial charge in [-0.25, -0.2) is 0 Å². The minimum absolute atomic E-state index is 0.0478. The number of aliphatic hydroxyl groups is 1. The standard InChI is InChI=1S/C33H58O5Si/c1-7-8-9-10-11-12-13-14-15-16-20-23-29(34)30-31(35)37-26-33(30,27-38-39(5,6)32(2,3)4)25-36-24-28-21-18-17-19-22-28/h17-19,21-22,29-30,34H,7-16,20,23-27H2,1-6H3. The van der Waals surface area contributed by atoms with Crippen molar-refractivity contribution in [1.82, 2.24) is 0 Å². The molecule has 224 valence electrons. The van der Waals surface area contributed by atoms with Crippen LogP contribution in [0, 0.1) is 11.3 Å². The van der Waals surface area contributed by atoms with E-state index in [1.54, 1.807) is 0 Å². The first-order chi connectivity index (χ1) is 18.5. The summed E-state index contributed by atoms with van der Waals surface area (Å²) in [6.07, 6.45) is 13.7. The molecular formula is C33H58O5Si. The smallest absolute Gasteiger partial charge is 0.312 e. The minimum atomic E-state index is -2.07. The molecule has 0 aliphatic carbocycles. The maximum atomic E-state index is 13.0. The largest absolute Gasteiger partial charge is 0.465 e. The highest BCUT2D eigenvalue weighted by molar-refractivity contribution is 6.74. The summed E-state index contributed by atoms with van der Waals surface area (Å²) in [5.74, 6) is -0.936. The van der Waals surface area contributed by atoms with Crippen LogP contribution in [0.5, 0.6) is 0 Å². The molecule has 0 bridgehead atoms. The first-order valence-corrected chi connectivity index (χ1v) is 18.5. The summed E-state index contributed by atoms with van der Waals surface area (Å²) < 4.78 is 18.4. The van der Waals surface area contributed by atoms with Crippen molar-refractivity contribution in [3.63, 3.8) is 0 Å². The molecule has 3 unspecified atom stereocenters. The van der Waals surface area contributed by atoms with Crippen molar-refractivity contribution in [2.45, 2.75) is 136 Å². The third-order valence-electron chi connectivity index (χ3n) is 8.93. The van der Waals surface area contributed by atoms with Crippen molar-refractivity contribution in [1.29, 1.82) is 0 Å². The highest BCUT2D eigenvalue weighted by atomic mass is 28.4. The van der Waals surface area contributed by atoms with E-state index in [1.807, 2.05) is 30.3 Å². The fourth-order valence-electron chi connectivity index (χ4n) is 5.19. The van der Waals surface area contributed by atoms with Crippen LogP contribution >= 0.6 is 0 Å². The molecule has 1 aliphatic rings. The van der Waals surface area contributed by atoms with Crippen molar-refractivity contribution in [2.24, 2.45) is 11.3 Å². The van der Waals surface area contributed by atoms with Crippen LogP contribution < -0.4 is 0 Å². The second-order valence-corrected chi connectivity index (χ2v) is 18.2. The van der Waals surface area contributed by atoms with Crippen LogP contribution in [0.1, 0.15) is 110 Å². The van der Waals surface area contributed by atoms with Gasteiger partial charge in [0.25, 0.3) is 0 Å². The number of aliphatic hydroxyl groups excluding tert-OH is 1. The monoisotopic (exact) mass is 562 g/mol. The van der Waals surface area contributed by atoms with Gasteiger partial charge in [-0.3, -0.25) is 4.79 Å². The number of hydrogen-bond donors (Lipinski definition) is 1. The van der Waals surface area contributed by atoms with Crippen LogP contribution in [0.25, 0.3) is 0 Å². The number of rotatable bonds is 20.